The minimum absolute atomic E-state index is 0.109. The zero-order valence-corrected chi connectivity index (χ0v) is 19.9. The fourth-order valence-electron chi connectivity index (χ4n) is 2.68. The lowest BCUT2D eigenvalue weighted by molar-refractivity contribution is -0.344. The van der Waals surface area contributed by atoms with Gasteiger partial charge in [-0.3, -0.25) is 9.59 Å². The second kappa shape index (κ2) is 14.1. The molecule has 0 saturated carbocycles. The van der Waals surface area contributed by atoms with Gasteiger partial charge in [0.1, 0.15) is 0 Å². The lowest BCUT2D eigenvalue weighted by atomic mass is 10.1. The van der Waals surface area contributed by atoms with E-state index in [-0.39, 0.29) is 38.5 Å². The Hall–Kier alpha value is -2.18. The molecule has 0 heterocycles. The fourth-order valence-corrected chi connectivity index (χ4v) is 2.68. The van der Waals surface area contributed by atoms with Gasteiger partial charge in [-0.05, 0) is 12.8 Å². The molecule has 0 aliphatic carbocycles. The van der Waals surface area contributed by atoms with Crippen molar-refractivity contribution in [2.45, 2.75) is 99.8 Å². The average molecular weight is 630 g/mol. The van der Waals surface area contributed by atoms with Crippen molar-refractivity contribution in [3.05, 3.63) is 0 Å². The zero-order chi connectivity index (χ0) is 31.8. The van der Waals surface area contributed by atoms with Gasteiger partial charge in [-0.15, -0.1) is 0 Å². The molecule has 0 radical (unpaired) electrons. The molecule has 0 atom stereocenters. The van der Waals surface area contributed by atoms with Crippen molar-refractivity contribution in [3.8, 4) is 0 Å². The number of rotatable bonds is 19. The van der Waals surface area contributed by atoms with Crippen LogP contribution in [0.4, 0.5) is 70.2 Å². The van der Waals surface area contributed by atoms with E-state index in [2.05, 4.69) is 9.47 Å². The van der Waals surface area contributed by atoms with Crippen LogP contribution in [0.15, 0.2) is 0 Å². The topological polar surface area (TPSA) is 52.6 Å². The van der Waals surface area contributed by atoms with Crippen molar-refractivity contribution in [1.29, 1.82) is 0 Å². The largest absolute Gasteiger partial charge is 0.459 e. The van der Waals surface area contributed by atoms with Gasteiger partial charge in [-0.25, -0.2) is 17.6 Å². The number of alkyl halides is 16. The van der Waals surface area contributed by atoms with E-state index >= 15 is 0 Å². The summed E-state index contributed by atoms with van der Waals surface area (Å²) in [5.41, 5.74) is 0. The molecule has 0 aromatic heterocycles. The van der Waals surface area contributed by atoms with Crippen molar-refractivity contribution in [2.24, 2.45) is 0 Å². The molecule has 0 N–H and O–H groups in total. The lowest BCUT2D eigenvalue weighted by Gasteiger charge is -2.31. The fraction of sp³-hybridized carbons (Fsp3) is 0.900. The van der Waals surface area contributed by atoms with Gasteiger partial charge in [0, 0.05) is 12.8 Å². The molecule has 0 rings (SSSR count). The summed E-state index contributed by atoms with van der Waals surface area (Å²) in [5.74, 6) is -40.6. The van der Waals surface area contributed by atoms with Crippen LogP contribution in [0, 0.1) is 0 Å². The summed E-state index contributed by atoms with van der Waals surface area (Å²) in [4.78, 5) is 22.7. The first-order chi connectivity index (χ1) is 17.9. The van der Waals surface area contributed by atoms with Crippen LogP contribution in [0.3, 0.4) is 0 Å². The van der Waals surface area contributed by atoms with Crippen molar-refractivity contribution < 1.29 is 89.3 Å². The molecule has 40 heavy (non-hydrogen) atoms. The normalized spacial score (nSPS) is 14.2. The minimum Gasteiger partial charge on any atom is -0.459 e. The van der Waals surface area contributed by atoms with E-state index in [1.165, 1.54) is 0 Å². The highest BCUT2D eigenvalue weighted by atomic mass is 19.4. The maximum atomic E-state index is 13.3. The summed E-state index contributed by atoms with van der Waals surface area (Å²) >= 11 is 0. The SMILES string of the molecule is O=C(CCCCCCCCC(=O)OCC(F)(F)C(F)(F)C(F)(F)C(F)F)OCC(F)(F)C(F)(F)C(F)(F)C(F)F. The molecular formula is C20H22F16O4. The van der Waals surface area contributed by atoms with Gasteiger partial charge in [-0.2, -0.15) is 52.7 Å². The van der Waals surface area contributed by atoms with Crippen LogP contribution in [0.2, 0.25) is 0 Å². The van der Waals surface area contributed by atoms with E-state index in [1.807, 2.05) is 0 Å². The van der Waals surface area contributed by atoms with Crippen LogP contribution in [-0.4, -0.2) is 73.5 Å². The average Bonchev–Trinajstić information content (AvgIpc) is 2.82. The second-order valence-electron chi connectivity index (χ2n) is 8.35. The Morgan fingerprint density at radius 3 is 0.975 bits per heavy atom. The first kappa shape index (κ1) is 37.8. The third-order valence-electron chi connectivity index (χ3n) is 5.14. The summed E-state index contributed by atoms with van der Waals surface area (Å²) < 4.78 is 212. The van der Waals surface area contributed by atoms with Crippen molar-refractivity contribution >= 4 is 11.9 Å². The van der Waals surface area contributed by atoms with Gasteiger partial charge >= 0.3 is 60.3 Å². The number of hydrogen-bond donors (Lipinski definition) is 0. The molecule has 20 heteroatoms. The molecular weight excluding hydrogens is 608 g/mol. The predicted octanol–water partition coefficient (Wildman–Crippen LogP) is 7.54. The van der Waals surface area contributed by atoms with Crippen LogP contribution < -0.4 is 0 Å². The monoisotopic (exact) mass is 630 g/mol. The Morgan fingerprint density at radius 1 is 0.475 bits per heavy atom. The van der Waals surface area contributed by atoms with Crippen molar-refractivity contribution in [1.82, 2.24) is 0 Å². The van der Waals surface area contributed by atoms with Gasteiger partial charge in [-0.1, -0.05) is 25.7 Å². The third-order valence-corrected chi connectivity index (χ3v) is 5.14. The maximum absolute atomic E-state index is 13.3. The Bertz CT molecular complexity index is 750. The highest BCUT2D eigenvalue weighted by Crippen LogP contribution is 2.49. The number of unbranched alkanes of at least 4 members (excludes halogenated alkanes) is 5. The number of hydrogen-bond acceptors (Lipinski definition) is 4. The number of ether oxygens (including phenoxy) is 2. The summed E-state index contributed by atoms with van der Waals surface area (Å²) in [6.07, 6.45) is -11.0. The van der Waals surface area contributed by atoms with Gasteiger partial charge in [0.15, 0.2) is 13.2 Å². The van der Waals surface area contributed by atoms with Crippen LogP contribution in [-0.2, 0) is 19.1 Å². The molecule has 0 saturated heterocycles. The quantitative estimate of drug-likeness (QED) is 0.0842. The van der Waals surface area contributed by atoms with E-state index in [0.29, 0.717) is 0 Å². The molecule has 0 bridgehead atoms. The first-order valence-electron chi connectivity index (χ1n) is 11.0. The summed E-state index contributed by atoms with van der Waals surface area (Å²) in [6.45, 7) is -5.20. The van der Waals surface area contributed by atoms with Crippen LogP contribution in [0.5, 0.6) is 0 Å². The Morgan fingerprint density at radius 2 is 0.725 bits per heavy atom. The van der Waals surface area contributed by atoms with Crippen LogP contribution in [0.1, 0.15) is 51.4 Å². The van der Waals surface area contributed by atoms with Crippen LogP contribution >= 0.6 is 0 Å². The molecule has 4 nitrogen and oxygen atoms in total. The van der Waals surface area contributed by atoms with Crippen LogP contribution in [0.25, 0.3) is 0 Å². The molecule has 0 aliphatic heterocycles. The Kier molecular flexibility index (Phi) is 13.4. The van der Waals surface area contributed by atoms with Crippen molar-refractivity contribution in [2.75, 3.05) is 13.2 Å². The van der Waals surface area contributed by atoms with E-state index < -0.39 is 86.4 Å². The van der Waals surface area contributed by atoms with Gasteiger partial charge < -0.3 is 9.47 Å². The Balaban J connectivity index is 4.26. The van der Waals surface area contributed by atoms with E-state index in [0.717, 1.165) is 0 Å². The molecule has 0 aliphatic rings. The molecule has 238 valence electrons. The van der Waals surface area contributed by atoms with E-state index in [1.54, 1.807) is 0 Å². The van der Waals surface area contributed by atoms with Gasteiger partial charge in [0.25, 0.3) is 0 Å². The number of esters is 2. The molecule has 0 spiro atoms. The van der Waals surface area contributed by atoms with E-state index in [4.69, 9.17) is 0 Å². The zero-order valence-electron chi connectivity index (χ0n) is 19.9. The standard InChI is InChI=1S/C20H22F16O4/c21-13(22)17(29,30)19(33,34)15(25,26)9-39-11(37)7-5-3-1-2-4-6-8-12(38)40-10-16(27,28)20(35,36)18(31,32)14(23)24/h13-14H,1-10H2. The molecule has 0 amide bonds. The number of carbonyl (C=O) groups excluding carboxylic acids is 2. The lowest BCUT2D eigenvalue weighted by Crippen LogP contribution is -2.59. The summed E-state index contributed by atoms with van der Waals surface area (Å²) in [6, 6.07) is 0. The highest BCUT2D eigenvalue weighted by molar-refractivity contribution is 5.69. The minimum atomic E-state index is -6.53. The van der Waals surface area contributed by atoms with E-state index in [9.17, 15) is 79.8 Å². The summed E-state index contributed by atoms with van der Waals surface area (Å²) in [5, 5.41) is 0. The molecule has 0 aromatic rings. The Labute approximate surface area is 215 Å². The first-order valence-corrected chi connectivity index (χ1v) is 11.0. The highest BCUT2D eigenvalue weighted by Gasteiger charge is 2.76. The number of carbonyl (C=O) groups is 2. The second-order valence-corrected chi connectivity index (χ2v) is 8.35. The molecule has 0 fully saturated rings. The van der Waals surface area contributed by atoms with Gasteiger partial charge in [0.05, 0.1) is 0 Å². The van der Waals surface area contributed by atoms with Gasteiger partial charge in [0.2, 0.25) is 0 Å². The summed E-state index contributed by atoms with van der Waals surface area (Å²) in [7, 11) is 0. The third kappa shape index (κ3) is 9.17. The number of halogens is 16. The van der Waals surface area contributed by atoms with Crippen molar-refractivity contribution in [3.63, 3.8) is 0 Å². The maximum Gasteiger partial charge on any atom is 0.381 e. The predicted molar refractivity (Wildman–Crippen MR) is 101 cm³/mol. The molecule has 0 unspecified atom stereocenters. The smallest absolute Gasteiger partial charge is 0.381 e. The molecule has 0 aromatic carbocycles.